The lowest BCUT2D eigenvalue weighted by molar-refractivity contribution is -0.119. The number of amidine groups is 1. The molecule has 1 unspecified atom stereocenters. The van der Waals surface area contributed by atoms with Gasteiger partial charge >= 0.3 is 0 Å². The van der Waals surface area contributed by atoms with Gasteiger partial charge in [-0.3, -0.25) is 9.79 Å². The Morgan fingerprint density at radius 2 is 1.89 bits per heavy atom. The second kappa shape index (κ2) is 5.57. The van der Waals surface area contributed by atoms with Crippen molar-refractivity contribution in [2.75, 3.05) is 0 Å². The van der Waals surface area contributed by atoms with Gasteiger partial charge in [-0.05, 0) is 18.4 Å². The molecule has 0 aromatic heterocycles. The van der Waals surface area contributed by atoms with Crippen molar-refractivity contribution < 1.29 is 4.79 Å². The van der Waals surface area contributed by atoms with Crippen molar-refractivity contribution in [3.8, 4) is 0 Å². The summed E-state index contributed by atoms with van der Waals surface area (Å²) in [5, 5.41) is 3.60. The number of amides is 1. The number of carbonyl (C=O) groups is 1. The van der Waals surface area contributed by atoms with Crippen LogP contribution in [-0.2, 0) is 4.79 Å². The molecular formula is C14H18N2OS. The number of aliphatic imine (C=N–C) groups is 1. The van der Waals surface area contributed by atoms with Crippen LogP contribution in [0.25, 0.3) is 0 Å². The minimum Gasteiger partial charge on any atom is -0.304 e. The fourth-order valence-corrected chi connectivity index (χ4v) is 2.92. The summed E-state index contributed by atoms with van der Waals surface area (Å²) < 4.78 is 0. The molecular weight excluding hydrogens is 244 g/mol. The SMILES string of the molecule is CC(C)C1SC(=N[C@@H](C)c2ccccc2)NC1=O. The molecule has 0 aliphatic carbocycles. The minimum atomic E-state index is -0.00766. The predicted molar refractivity (Wildman–Crippen MR) is 76.7 cm³/mol. The van der Waals surface area contributed by atoms with Crippen LogP contribution in [0.1, 0.15) is 32.4 Å². The first-order valence-corrected chi connectivity index (χ1v) is 7.06. The molecule has 3 nitrogen and oxygen atoms in total. The van der Waals surface area contributed by atoms with Crippen LogP contribution in [-0.4, -0.2) is 16.3 Å². The van der Waals surface area contributed by atoms with Crippen LogP contribution < -0.4 is 5.32 Å². The largest absolute Gasteiger partial charge is 0.304 e. The van der Waals surface area contributed by atoms with Crippen LogP contribution in [0, 0.1) is 5.92 Å². The van der Waals surface area contributed by atoms with Gasteiger partial charge in [0.25, 0.3) is 0 Å². The van der Waals surface area contributed by atoms with E-state index < -0.39 is 0 Å². The normalized spacial score (nSPS) is 23.4. The maximum Gasteiger partial charge on any atom is 0.239 e. The molecule has 2 atom stereocenters. The van der Waals surface area contributed by atoms with Crippen molar-refractivity contribution in [1.82, 2.24) is 5.32 Å². The van der Waals surface area contributed by atoms with Crippen LogP contribution in [0.4, 0.5) is 0 Å². The Morgan fingerprint density at radius 3 is 2.44 bits per heavy atom. The summed E-state index contributed by atoms with van der Waals surface area (Å²) in [4.78, 5) is 16.3. The molecule has 18 heavy (non-hydrogen) atoms. The highest BCUT2D eigenvalue weighted by atomic mass is 32.2. The maximum absolute atomic E-state index is 11.7. The number of nitrogens with zero attached hydrogens (tertiary/aromatic N) is 1. The van der Waals surface area contributed by atoms with E-state index in [1.807, 2.05) is 25.1 Å². The minimum absolute atomic E-state index is 0.00766. The lowest BCUT2D eigenvalue weighted by Gasteiger charge is -2.08. The number of hydrogen-bond acceptors (Lipinski definition) is 3. The van der Waals surface area contributed by atoms with Gasteiger partial charge in [0.1, 0.15) is 0 Å². The van der Waals surface area contributed by atoms with E-state index >= 15 is 0 Å². The van der Waals surface area contributed by atoms with E-state index in [1.165, 1.54) is 11.8 Å². The Labute approximate surface area is 112 Å². The van der Waals surface area contributed by atoms with E-state index in [-0.39, 0.29) is 17.2 Å². The predicted octanol–water partition coefficient (Wildman–Crippen LogP) is 2.99. The highest BCUT2D eigenvalue weighted by molar-refractivity contribution is 8.15. The smallest absolute Gasteiger partial charge is 0.239 e. The summed E-state index contributed by atoms with van der Waals surface area (Å²) in [5.74, 6) is 0.406. The summed E-state index contributed by atoms with van der Waals surface area (Å²) in [6, 6.07) is 10.2. The number of rotatable bonds is 3. The first-order chi connectivity index (χ1) is 8.58. The number of hydrogen-bond donors (Lipinski definition) is 1. The zero-order valence-electron chi connectivity index (χ0n) is 10.9. The molecule has 2 rings (SSSR count). The molecule has 0 radical (unpaired) electrons. The molecule has 1 aromatic carbocycles. The van der Waals surface area contributed by atoms with Crippen LogP contribution in [0.15, 0.2) is 35.3 Å². The number of carbonyl (C=O) groups excluding carboxylic acids is 1. The average Bonchev–Trinajstić information content (AvgIpc) is 2.71. The third-order valence-electron chi connectivity index (χ3n) is 2.93. The van der Waals surface area contributed by atoms with Gasteiger partial charge in [0.05, 0.1) is 11.3 Å². The van der Waals surface area contributed by atoms with E-state index in [0.29, 0.717) is 5.92 Å². The molecule has 4 heteroatoms. The number of benzene rings is 1. The van der Waals surface area contributed by atoms with Crippen molar-refractivity contribution in [2.24, 2.45) is 10.9 Å². The fourth-order valence-electron chi connectivity index (χ4n) is 1.86. The Balaban J connectivity index is 2.09. The van der Waals surface area contributed by atoms with Crippen molar-refractivity contribution in [1.29, 1.82) is 0 Å². The van der Waals surface area contributed by atoms with E-state index in [1.54, 1.807) is 0 Å². The zero-order valence-corrected chi connectivity index (χ0v) is 11.7. The molecule has 1 aromatic rings. The highest BCUT2D eigenvalue weighted by Gasteiger charge is 2.32. The molecule has 1 aliphatic rings. The molecule has 1 N–H and O–H groups in total. The maximum atomic E-state index is 11.7. The average molecular weight is 262 g/mol. The Hall–Kier alpha value is -1.29. The number of nitrogens with one attached hydrogen (secondary N) is 1. The second-order valence-corrected chi connectivity index (χ2v) is 5.92. The van der Waals surface area contributed by atoms with Crippen LogP contribution in [0.3, 0.4) is 0 Å². The molecule has 96 valence electrons. The van der Waals surface area contributed by atoms with Crippen molar-refractivity contribution in [2.45, 2.75) is 32.1 Å². The quantitative estimate of drug-likeness (QED) is 0.910. The van der Waals surface area contributed by atoms with Gasteiger partial charge in [0, 0.05) is 0 Å². The van der Waals surface area contributed by atoms with Crippen LogP contribution in [0.5, 0.6) is 0 Å². The molecule has 0 spiro atoms. The Morgan fingerprint density at radius 1 is 1.22 bits per heavy atom. The first kappa shape index (κ1) is 13.1. The van der Waals surface area contributed by atoms with E-state index in [0.717, 1.165) is 10.7 Å². The third kappa shape index (κ3) is 2.93. The van der Waals surface area contributed by atoms with Gasteiger partial charge in [0.2, 0.25) is 5.91 Å². The summed E-state index contributed by atoms with van der Waals surface area (Å²) in [6.07, 6.45) is 0. The molecule has 1 saturated heterocycles. The standard InChI is InChI=1S/C14H18N2OS/c1-9(2)12-13(17)16-14(18-12)15-10(3)11-7-5-4-6-8-11/h4-10,12H,1-3H3,(H,15,16,17)/t10-,12?/m0/s1. The van der Waals surface area contributed by atoms with Crippen LogP contribution in [0.2, 0.25) is 0 Å². The first-order valence-electron chi connectivity index (χ1n) is 6.18. The van der Waals surface area contributed by atoms with Crippen molar-refractivity contribution in [3.63, 3.8) is 0 Å². The molecule has 0 saturated carbocycles. The van der Waals surface area contributed by atoms with Gasteiger partial charge in [-0.2, -0.15) is 0 Å². The van der Waals surface area contributed by atoms with Gasteiger partial charge < -0.3 is 5.32 Å². The van der Waals surface area contributed by atoms with Gasteiger partial charge in [0.15, 0.2) is 5.17 Å². The van der Waals surface area contributed by atoms with Gasteiger partial charge in [-0.25, -0.2) is 0 Å². The highest BCUT2D eigenvalue weighted by Crippen LogP contribution is 2.28. The van der Waals surface area contributed by atoms with E-state index in [2.05, 4.69) is 36.3 Å². The van der Waals surface area contributed by atoms with Crippen LogP contribution >= 0.6 is 11.8 Å². The topological polar surface area (TPSA) is 41.5 Å². The molecule has 0 bridgehead atoms. The number of thioether (sulfide) groups is 1. The van der Waals surface area contributed by atoms with Crippen molar-refractivity contribution >= 4 is 22.8 Å². The Kier molecular flexibility index (Phi) is 4.07. The summed E-state index contributed by atoms with van der Waals surface area (Å²) in [7, 11) is 0. The van der Waals surface area contributed by atoms with E-state index in [9.17, 15) is 4.79 Å². The molecule has 1 heterocycles. The molecule has 1 amide bonds. The lowest BCUT2D eigenvalue weighted by Crippen LogP contribution is -2.27. The summed E-state index contributed by atoms with van der Waals surface area (Å²) in [5.41, 5.74) is 1.16. The Bertz CT molecular complexity index is 456. The van der Waals surface area contributed by atoms with Gasteiger partial charge in [-0.1, -0.05) is 55.9 Å². The lowest BCUT2D eigenvalue weighted by atomic mass is 10.1. The van der Waals surface area contributed by atoms with E-state index in [4.69, 9.17) is 0 Å². The molecule has 1 aliphatic heterocycles. The van der Waals surface area contributed by atoms with Gasteiger partial charge in [-0.15, -0.1) is 0 Å². The monoisotopic (exact) mass is 262 g/mol. The zero-order chi connectivity index (χ0) is 13.1. The fraction of sp³-hybridized carbons (Fsp3) is 0.429. The third-order valence-corrected chi connectivity index (χ3v) is 4.37. The van der Waals surface area contributed by atoms with Crippen molar-refractivity contribution in [3.05, 3.63) is 35.9 Å². The summed E-state index contributed by atoms with van der Waals surface area (Å²) in [6.45, 7) is 6.15. The molecule has 1 fully saturated rings. The second-order valence-electron chi connectivity index (χ2n) is 4.79. The summed E-state index contributed by atoms with van der Waals surface area (Å²) >= 11 is 1.54.